The fraction of sp³-hybridized carbons (Fsp3) is 0.318. The zero-order valence-electron chi connectivity index (χ0n) is 16.9. The van der Waals surface area contributed by atoms with Gasteiger partial charge in [-0.1, -0.05) is 12.1 Å². The van der Waals surface area contributed by atoms with Crippen molar-refractivity contribution in [1.82, 2.24) is 0 Å². The highest BCUT2D eigenvalue weighted by molar-refractivity contribution is 5.91. The third kappa shape index (κ3) is 3.48. The fourth-order valence-electron chi connectivity index (χ4n) is 3.88. The smallest absolute Gasteiger partial charge is 0.204 e. The van der Waals surface area contributed by atoms with Gasteiger partial charge >= 0.3 is 0 Å². The average Bonchev–Trinajstić information content (AvgIpc) is 2.79. The summed E-state index contributed by atoms with van der Waals surface area (Å²) in [5.74, 6) is -0.550. The van der Waals surface area contributed by atoms with Gasteiger partial charge in [-0.3, -0.25) is 4.79 Å². The molecule has 10 nitrogen and oxygen atoms in total. The molecule has 3 aromatic rings. The number of aliphatic hydroxyl groups is 4. The van der Waals surface area contributed by atoms with Crippen molar-refractivity contribution in [3.8, 4) is 28.4 Å². The van der Waals surface area contributed by atoms with Gasteiger partial charge in [0.05, 0.1) is 24.8 Å². The monoisotopic (exact) mass is 446 g/mol. The van der Waals surface area contributed by atoms with Crippen LogP contribution in [0.1, 0.15) is 11.7 Å². The molecule has 5 atom stereocenters. The Kier molecular flexibility index (Phi) is 5.80. The highest BCUT2D eigenvalue weighted by Gasteiger charge is 2.46. The Morgan fingerprint density at radius 1 is 1.00 bits per heavy atom. The number of phenolic OH excluding ortho intramolecular Hbond substituents is 2. The van der Waals surface area contributed by atoms with Gasteiger partial charge in [0.15, 0.2) is 5.58 Å². The first-order valence-corrected chi connectivity index (χ1v) is 9.73. The molecule has 10 heteroatoms. The number of ether oxygens (including phenoxy) is 2. The lowest BCUT2D eigenvalue weighted by Gasteiger charge is -2.40. The van der Waals surface area contributed by atoms with Crippen molar-refractivity contribution < 1.29 is 44.5 Å². The van der Waals surface area contributed by atoms with E-state index in [1.54, 1.807) is 24.3 Å². The topological polar surface area (TPSA) is 170 Å². The summed E-state index contributed by atoms with van der Waals surface area (Å²) in [5, 5.41) is 60.6. The van der Waals surface area contributed by atoms with Gasteiger partial charge in [0.1, 0.15) is 59.4 Å². The van der Waals surface area contributed by atoms with E-state index in [0.717, 1.165) is 12.3 Å². The molecule has 170 valence electrons. The number of phenols is 2. The minimum Gasteiger partial charge on any atom is -0.507 e. The van der Waals surface area contributed by atoms with Gasteiger partial charge in [-0.05, 0) is 17.7 Å². The minimum absolute atomic E-state index is 0.126. The first kappa shape index (κ1) is 22.1. The minimum atomic E-state index is -1.72. The molecule has 1 aliphatic rings. The van der Waals surface area contributed by atoms with E-state index in [1.165, 1.54) is 7.11 Å². The standard InChI is InChI=1S/C22H22O10/c1-30-10-4-2-9(3-5-10)11-8-31-21-15(17(11)26)12(24)6-13(25)16(21)22-20(29)19(28)18(27)14(7-23)32-22/h2-6,8,14,18-20,22-25,27-29H,7H2,1H3/t14-,18-,19+,20-,22?/m1/s1. The second-order valence-corrected chi connectivity index (χ2v) is 7.49. The average molecular weight is 446 g/mol. The summed E-state index contributed by atoms with van der Waals surface area (Å²) >= 11 is 0. The summed E-state index contributed by atoms with van der Waals surface area (Å²) in [6.45, 7) is -0.677. The maximum atomic E-state index is 13.2. The highest BCUT2D eigenvalue weighted by Crippen LogP contribution is 2.43. The van der Waals surface area contributed by atoms with Gasteiger partial charge < -0.3 is 44.5 Å². The van der Waals surface area contributed by atoms with Gasteiger partial charge in [-0.25, -0.2) is 0 Å². The molecule has 2 heterocycles. The molecule has 0 spiro atoms. The van der Waals surface area contributed by atoms with Crippen LogP contribution in [-0.2, 0) is 4.74 Å². The number of aliphatic hydroxyl groups excluding tert-OH is 4. The number of rotatable bonds is 4. The number of fused-ring (bicyclic) bond motifs is 1. The number of hydrogen-bond acceptors (Lipinski definition) is 10. The Morgan fingerprint density at radius 2 is 1.69 bits per heavy atom. The van der Waals surface area contributed by atoms with E-state index in [1.807, 2.05) is 0 Å². The van der Waals surface area contributed by atoms with Gasteiger partial charge in [0, 0.05) is 6.07 Å². The van der Waals surface area contributed by atoms with E-state index in [2.05, 4.69) is 0 Å². The molecule has 0 radical (unpaired) electrons. The Labute approximate surface area is 181 Å². The lowest BCUT2D eigenvalue weighted by Crippen LogP contribution is -2.55. The van der Waals surface area contributed by atoms with Gasteiger partial charge in [-0.2, -0.15) is 0 Å². The summed E-state index contributed by atoms with van der Waals surface area (Å²) in [6.07, 6.45) is -6.61. The summed E-state index contributed by atoms with van der Waals surface area (Å²) < 4.78 is 16.2. The molecule has 6 N–H and O–H groups in total. The first-order valence-electron chi connectivity index (χ1n) is 9.73. The van der Waals surface area contributed by atoms with Crippen molar-refractivity contribution in [2.24, 2.45) is 0 Å². The number of methoxy groups -OCH3 is 1. The van der Waals surface area contributed by atoms with Crippen molar-refractivity contribution >= 4 is 11.0 Å². The van der Waals surface area contributed by atoms with Crippen molar-refractivity contribution in [1.29, 1.82) is 0 Å². The van der Waals surface area contributed by atoms with Crippen molar-refractivity contribution in [3.05, 3.63) is 52.4 Å². The molecule has 0 saturated carbocycles. The lowest BCUT2D eigenvalue weighted by molar-refractivity contribution is -0.231. The number of aromatic hydroxyl groups is 2. The van der Waals surface area contributed by atoms with Crippen LogP contribution >= 0.6 is 0 Å². The van der Waals surface area contributed by atoms with Gasteiger partial charge in [0.2, 0.25) is 5.43 Å². The van der Waals surface area contributed by atoms with Crippen LogP contribution in [0.3, 0.4) is 0 Å². The largest absolute Gasteiger partial charge is 0.507 e. The summed E-state index contributed by atoms with van der Waals surface area (Å²) in [4.78, 5) is 13.2. The van der Waals surface area contributed by atoms with Crippen LogP contribution in [0.2, 0.25) is 0 Å². The summed E-state index contributed by atoms with van der Waals surface area (Å²) in [7, 11) is 1.50. The maximum Gasteiger partial charge on any atom is 0.204 e. The highest BCUT2D eigenvalue weighted by atomic mass is 16.5. The maximum absolute atomic E-state index is 13.2. The third-order valence-corrected chi connectivity index (χ3v) is 5.62. The van der Waals surface area contributed by atoms with E-state index in [-0.39, 0.29) is 22.1 Å². The quantitative estimate of drug-likeness (QED) is 0.330. The van der Waals surface area contributed by atoms with Crippen LogP contribution in [-0.4, -0.2) is 68.8 Å². The number of hydrogen-bond donors (Lipinski definition) is 6. The molecule has 0 bridgehead atoms. The van der Waals surface area contributed by atoms with Crippen LogP contribution < -0.4 is 10.2 Å². The molecule has 1 unspecified atom stereocenters. The third-order valence-electron chi connectivity index (χ3n) is 5.62. The molecule has 1 aromatic heterocycles. The van der Waals surface area contributed by atoms with Crippen molar-refractivity contribution in [2.45, 2.75) is 30.5 Å². The van der Waals surface area contributed by atoms with Crippen LogP contribution in [0.5, 0.6) is 17.2 Å². The van der Waals surface area contributed by atoms with Crippen molar-refractivity contribution in [3.63, 3.8) is 0 Å². The van der Waals surface area contributed by atoms with E-state index >= 15 is 0 Å². The normalized spacial score (nSPS) is 25.7. The Morgan fingerprint density at radius 3 is 2.31 bits per heavy atom. The molecule has 4 rings (SSSR count). The van der Waals surface area contributed by atoms with E-state index in [0.29, 0.717) is 11.3 Å². The molecule has 0 amide bonds. The number of benzene rings is 2. The zero-order chi connectivity index (χ0) is 23.2. The van der Waals surface area contributed by atoms with E-state index in [9.17, 15) is 35.4 Å². The summed E-state index contributed by atoms with van der Waals surface area (Å²) in [6, 6.07) is 7.46. The first-order chi connectivity index (χ1) is 15.3. The Hall–Kier alpha value is -3.15. The molecule has 1 saturated heterocycles. The second-order valence-electron chi connectivity index (χ2n) is 7.49. The van der Waals surface area contributed by atoms with E-state index < -0.39 is 54.1 Å². The molecule has 1 fully saturated rings. The molecule has 32 heavy (non-hydrogen) atoms. The Balaban J connectivity index is 1.90. The predicted octanol–water partition coefficient (Wildman–Crippen LogP) is 0.395. The molecule has 0 aliphatic carbocycles. The lowest BCUT2D eigenvalue weighted by atomic mass is 9.89. The van der Waals surface area contributed by atoms with Crippen molar-refractivity contribution in [2.75, 3.05) is 13.7 Å². The van der Waals surface area contributed by atoms with Crippen LogP contribution in [0.4, 0.5) is 0 Å². The second kappa shape index (κ2) is 8.41. The van der Waals surface area contributed by atoms with Crippen LogP contribution in [0.15, 0.2) is 45.8 Å². The zero-order valence-corrected chi connectivity index (χ0v) is 16.9. The SMILES string of the molecule is COc1ccc(-c2coc3c(C4O[C@H](CO)[C@@H](O)[C@H](O)[C@H]4O)c(O)cc(O)c3c2=O)cc1. The van der Waals surface area contributed by atoms with Gasteiger partial charge in [-0.15, -0.1) is 0 Å². The Bertz CT molecular complexity index is 1180. The molecular weight excluding hydrogens is 424 g/mol. The molecule has 1 aliphatic heterocycles. The summed E-state index contributed by atoms with van der Waals surface area (Å²) in [5.41, 5.74) is -0.480. The van der Waals surface area contributed by atoms with Crippen LogP contribution in [0, 0.1) is 0 Å². The fourth-order valence-corrected chi connectivity index (χ4v) is 3.88. The molecule has 2 aromatic carbocycles. The van der Waals surface area contributed by atoms with Crippen LogP contribution in [0.25, 0.3) is 22.1 Å². The van der Waals surface area contributed by atoms with Gasteiger partial charge in [0.25, 0.3) is 0 Å². The predicted molar refractivity (Wildman–Crippen MR) is 111 cm³/mol. The molecular formula is C22H22O10. The van der Waals surface area contributed by atoms with E-state index in [4.69, 9.17) is 13.9 Å².